The lowest BCUT2D eigenvalue weighted by atomic mass is 10.1. The predicted molar refractivity (Wildman–Crippen MR) is 111 cm³/mol. The molecule has 0 amide bonds. The van der Waals surface area contributed by atoms with E-state index in [1.165, 1.54) is 4.31 Å². The average molecular weight is 391 g/mol. The van der Waals surface area contributed by atoms with Crippen molar-refractivity contribution in [3.05, 3.63) is 95.9 Å². The molecule has 0 N–H and O–H groups in total. The van der Waals surface area contributed by atoms with Gasteiger partial charge >= 0.3 is 0 Å². The molecular formula is C22H21N3O2S. The first-order chi connectivity index (χ1) is 13.5. The van der Waals surface area contributed by atoms with Gasteiger partial charge in [0.15, 0.2) is 0 Å². The summed E-state index contributed by atoms with van der Waals surface area (Å²) in [6, 6.07) is 20.1. The van der Waals surface area contributed by atoms with Crippen molar-refractivity contribution < 1.29 is 8.42 Å². The maximum Gasteiger partial charge on any atom is 0.264 e. The third-order valence-electron chi connectivity index (χ3n) is 4.91. The maximum absolute atomic E-state index is 13.6. The second-order valence-electron chi connectivity index (χ2n) is 6.77. The molecule has 0 fully saturated rings. The number of aromatic nitrogens is 2. The van der Waals surface area contributed by atoms with Gasteiger partial charge in [-0.25, -0.2) is 13.4 Å². The normalized spacial score (nSPS) is 11.6. The summed E-state index contributed by atoms with van der Waals surface area (Å²) >= 11 is 0. The van der Waals surface area contributed by atoms with E-state index in [0.717, 1.165) is 22.5 Å². The van der Waals surface area contributed by atoms with Gasteiger partial charge in [0, 0.05) is 6.20 Å². The Bertz CT molecular complexity index is 1230. The second-order valence-corrected chi connectivity index (χ2v) is 8.63. The predicted octanol–water partition coefficient (Wildman–Crippen LogP) is 4.35. The molecule has 142 valence electrons. The van der Waals surface area contributed by atoms with Crippen LogP contribution in [0.15, 0.2) is 84.0 Å². The van der Waals surface area contributed by atoms with Crippen LogP contribution in [-0.2, 0) is 16.6 Å². The fourth-order valence-electron chi connectivity index (χ4n) is 3.16. The van der Waals surface area contributed by atoms with Crippen molar-refractivity contribution in [2.45, 2.75) is 25.3 Å². The molecule has 0 unspecified atom stereocenters. The molecule has 4 aromatic rings. The largest absolute Gasteiger partial charge is 0.302 e. The minimum absolute atomic E-state index is 0.185. The lowest BCUT2D eigenvalue weighted by Gasteiger charge is -2.24. The number of aryl methyl sites for hydroxylation is 2. The Morgan fingerprint density at radius 2 is 1.68 bits per heavy atom. The average Bonchev–Trinajstić information content (AvgIpc) is 3.11. The molecule has 0 spiro atoms. The Labute approximate surface area is 164 Å². The van der Waals surface area contributed by atoms with Crippen LogP contribution in [0.2, 0.25) is 0 Å². The van der Waals surface area contributed by atoms with Crippen LogP contribution in [0.5, 0.6) is 0 Å². The number of para-hydroxylation sites is 1. The van der Waals surface area contributed by atoms with Gasteiger partial charge in [-0.3, -0.25) is 4.31 Å². The van der Waals surface area contributed by atoms with Crippen LogP contribution in [0, 0.1) is 13.8 Å². The number of hydrogen-bond acceptors (Lipinski definition) is 3. The molecule has 5 nitrogen and oxygen atoms in total. The standard InChI is InChI=1S/C22H21N3O2S/c1-17-11-12-21(14-18(17)2)28(26,27)25(19-8-4-3-5-9-19)16-20-15-23-22-10-6-7-13-24(20)22/h3-15H,16H2,1-2H3. The fourth-order valence-corrected chi connectivity index (χ4v) is 4.68. The minimum Gasteiger partial charge on any atom is -0.302 e. The topological polar surface area (TPSA) is 54.7 Å². The van der Waals surface area contributed by atoms with Crippen molar-refractivity contribution in [2.75, 3.05) is 4.31 Å². The highest BCUT2D eigenvalue weighted by atomic mass is 32.2. The molecule has 6 heteroatoms. The summed E-state index contributed by atoms with van der Waals surface area (Å²) in [5.41, 5.74) is 4.21. The van der Waals surface area contributed by atoms with Gasteiger partial charge in [0.2, 0.25) is 0 Å². The monoisotopic (exact) mass is 391 g/mol. The van der Waals surface area contributed by atoms with E-state index in [-0.39, 0.29) is 11.4 Å². The van der Waals surface area contributed by atoms with Gasteiger partial charge in [-0.2, -0.15) is 0 Å². The van der Waals surface area contributed by atoms with Gasteiger partial charge in [0.05, 0.1) is 29.0 Å². The van der Waals surface area contributed by atoms with Crippen LogP contribution in [0.4, 0.5) is 5.69 Å². The highest BCUT2D eigenvalue weighted by molar-refractivity contribution is 7.92. The number of rotatable bonds is 5. The SMILES string of the molecule is Cc1ccc(S(=O)(=O)N(Cc2cnc3ccccn23)c2ccccc2)cc1C. The number of imidazole rings is 1. The fraction of sp³-hybridized carbons (Fsp3) is 0.136. The number of fused-ring (bicyclic) bond motifs is 1. The number of sulfonamides is 1. The third-order valence-corrected chi connectivity index (χ3v) is 6.68. The molecule has 0 bridgehead atoms. The van der Waals surface area contributed by atoms with Crippen LogP contribution < -0.4 is 4.31 Å². The Balaban J connectivity index is 1.83. The Morgan fingerprint density at radius 3 is 2.43 bits per heavy atom. The van der Waals surface area contributed by atoms with Crippen molar-refractivity contribution in [1.29, 1.82) is 0 Å². The van der Waals surface area contributed by atoms with Gasteiger partial charge < -0.3 is 4.40 Å². The molecule has 0 saturated carbocycles. The van der Waals surface area contributed by atoms with E-state index in [4.69, 9.17) is 0 Å². The summed E-state index contributed by atoms with van der Waals surface area (Å²) < 4.78 is 30.5. The van der Waals surface area contributed by atoms with Crippen LogP contribution in [-0.4, -0.2) is 17.8 Å². The zero-order chi connectivity index (χ0) is 19.7. The van der Waals surface area contributed by atoms with E-state index in [1.807, 2.05) is 79.0 Å². The summed E-state index contributed by atoms with van der Waals surface area (Å²) in [5, 5.41) is 0. The minimum atomic E-state index is -3.75. The molecular weight excluding hydrogens is 370 g/mol. The van der Waals surface area contributed by atoms with Crippen molar-refractivity contribution in [1.82, 2.24) is 9.38 Å². The highest BCUT2D eigenvalue weighted by Gasteiger charge is 2.26. The van der Waals surface area contributed by atoms with E-state index < -0.39 is 10.0 Å². The number of anilines is 1. The van der Waals surface area contributed by atoms with Gasteiger partial charge in [-0.15, -0.1) is 0 Å². The van der Waals surface area contributed by atoms with E-state index in [0.29, 0.717) is 5.69 Å². The summed E-state index contributed by atoms with van der Waals surface area (Å²) in [6.45, 7) is 4.08. The van der Waals surface area contributed by atoms with Crippen LogP contribution in [0.25, 0.3) is 5.65 Å². The van der Waals surface area contributed by atoms with Gasteiger partial charge in [-0.05, 0) is 61.4 Å². The molecule has 0 radical (unpaired) electrons. The van der Waals surface area contributed by atoms with Gasteiger partial charge in [-0.1, -0.05) is 30.3 Å². The number of hydrogen-bond donors (Lipinski definition) is 0. The third kappa shape index (κ3) is 3.27. The quantitative estimate of drug-likeness (QED) is 0.508. The van der Waals surface area contributed by atoms with Crippen molar-refractivity contribution in [3.63, 3.8) is 0 Å². The van der Waals surface area contributed by atoms with E-state index in [2.05, 4.69) is 4.98 Å². The molecule has 2 aromatic carbocycles. The van der Waals surface area contributed by atoms with Crippen molar-refractivity contribution >= 4 is 21.4 Å². The van der Waals surface area contributed by atoms with Gasteiger partial charge in [0.1, 0.15) is 5.65 Å². The lowest BCUT2D eigenvalue weighted by molar-refractivity contribution is 0.589. The zero-order valence-electron chi connectivity index (χ0n) is 15.8. The molecule has 0 aliphatic rings. The van der Waals surface area contributed by atoms with Crippen molar-refractivity contribution in [3.8, 4) is 0 Å². The number of pyridine rings is 1. The summed E-state index contributed by atoms with van der Waals surface area (Å²) in [5.74, 6) is 0. The smallest absolute Gasteiger partial charge is 0.264 e. The van der Waals surface area contributed by atoms with Crippen LogP contribution >= 0.6 is 0 Å². The van der Waals surface area contributed by atoms with E-state index >= 15 is 0 Å². The van der Waals surface area contributed by atoms with Crippen LogP contribution in [0.3, 0.4) is 0 Å². The first kappa shape index (κ1) is 18.3. The molecule has 28 heavy (non-hydrogen) atoms. The molecule has 0 aliphatic carbocycles. The first-order valence-electron chi connectivity index (χ1n) is 9.03. The molecule has 4 rings (SSSR count). The Hall–Kier alpha value is -3.12. The van der Waals surface area contributed by atoms with Crippen molar-refractivity contribution in [2.24, 2.45) is 0 Å². The molecule has 2 aromatic heterocycles. The van der Waals surface area contributed by atoms with E-state index in [1.54, 1.807) is 18.3 Å². The molecule has 0 aliphatic heterocycles. The lowest BCUT2D eigenvalue weighted by Crippen LogP contribution is -2.31. The second kappa shape index (κ2) is 7.13. The highest BCUT2D eigenvalue weighted by Crippen LogP contribution is 2.27. The molecule has 0 atom stereocenters. The number of nitrogens with zero attached hydrogens (tertiary/aromatic N) is 3. The first-order valence-corrected chi connectivity index (χ1v) is 10.5. The maximum atomic E-state index is 13.6. The Kier molecular flexibility index (Phi) is 4.65. The Morgan fingerprint density at radius 1 is 0.929 bits per heavy atom. The number of benzene rings is 2. The van der Waals surface area contributed by atoms with E-state index in [9.17, 15) is 8.42 Å². The zero-order valence-corrected chi connectivity index (χ0v) is 16.6. The molecule has 0 saturated heterocycles. The van der Waals surface area contributed by atoms with Gasteiger partial charge in [0.25, 0.3) is 10.0 Å². The summed E-state index contributed by atoms with van der Waals surface area (Å²) in [7, 11) is -3.75. The van der Waals surface area contributed by atoms with Crippen LogP contribution in [0.1, 0.15) is 16.8 Å². The summed E-state index contributed by atoms with van der Waals surface area (Å²) in [6.07, 6.45) is 3.62. The molecule has 2 heterocycles. The summed E-state index contributed by atoms with van der Waals surface area (Å²) in [4.78, 5) is 4.67.